The number of fused-ring (bicyclic) bond motifs is 1. The predicted molar refractivity (Wildman–Crippen MR) is 49.0 cm³/mol. The van der Waals surface area contributed by atoms with E-state index in [1.165, 1.54) is 45.2 Å². The highest BCUT2D eigenvalue weighted by Crippen LogP contribution is 2.30. The Kier molecular flexibility index (Phi) is 2.66. The highest BCUT2D eigenvalue weighted by atomic mass is 16.3. The van der Waals surface area contributed by atoms with Crippen molar-refractivity contribution in [3.8, 4) is 0 Å². The van der Waals surface area contributed by atoms with Crippen LogP contribution < -0.4 is 0 Å². The van der Waals surface area contributed by atoms with Gasteiger partial charge in [-0.1, -0.05) is 6.42 Å². The summed E-state index contributed by atoms with van der Waals surface area (Å²) in [6.07, 6.45) is 6.61. The molecule has 0 saturated carbocycles. The average Bonchev–Trinajstić information content (AvgIpc) is 2.17. The molecule has 2 atom stereocenters. The molecule has 2 aliphatic heterocycles. The van der Waals surface area contributed by atoms with Gasteiger partial charge in [0.1, 0.15) is 0 Å². The minimum absolute atomic E-state index is 0.404. The van der Waals surface area contributed by atoms with Gasteiger partial charge in [0.15, 0.2) is 0 Å². The first-order chi connectivity index (χ1) is 5.92. The van der Waals surface area contributed by atoms with Gasteiger partial charge >= 0.3 is 0 Å². The van der Waals surface area contributed by atoms with E-state index in [1.807, 2.05) is 0 Å². The molecule has 0 radical (unpaired) electrons. The van der Waals surface area contributed by atoms with Crippen molar-refractivity contribution < 1.29 is 5.11 Å². The molecule has 2 saturated heterocycles. The second-order valence-corrected chi connectivity index (χ2v) is 4.18. The number of nitrogens with zero attached hydrogens (tertiary/aromatic N) is 1. The van der Waals surface area contributed by atoms with E-state index in [4.69, 9.17) is 0 Å². The van der Waals surface area contributed by atoms with Crippen LogP contribution >= 0.6 is 0 Å². The Labute approximate surface area is 74.6 Å². The van der Waals surface area contributed by atoms with Crippen molar-refractivity contribution in [1.29, 1.82) is 0 Å². The van der Waals surface area contributed by atoms with Crippen molar-refractivity contribution in [3.05, 3.63) is 0 Å². The molecule has 2 aliphatic rings. The largest absolute Gasteiger partial charge is 0.396 e. The lowest BCUT2D eigenvalue weighted by molar-refractivity contribution is 0.0312. The van der Waals surface area contributed by atoms with Crippen LogP contribution in [0.1, 0.15) is 32.1 Å². The van der Waals surface area contributed by atoms with Crippen molar-refractivity contribution >= 4 is 0 Å². The zero-order chi connectivity index (χ0) is 8.39. The summed E-state index contributed by atoms with van der Waals surface area (Å²) >= 11 is 0. The maximum absolute atomic E-state index is 9.20. The second-order valence-electron chi connectivity index (χ2n) is 4.18. The zero-order valence-electron chi connectivity index (χ0n) is 7.71. The minimum Gasteiger partial charge on any atom is -0.396 e. The summed E-state index contributed by atoms with van der Waals surface area (Å²) in [6.45, 7) is 2.96. The summed E-state index contributed by atoms with van der Waals surface area (Å²) in [7, 11) is 0. The van der Waals surface area contributed by atoms with Crippen LogP contribution in [0.3, 0.4) is 0 Å². The van der Waals surface area contributed by atoms with Crippen LogP contribution in [-0.4, -0.2) is 35.7 Å². The second kappa shape index (κ2) is 3.75. The Morgan fingerprint density at radius 3 is 2.75 bits per heavy atom. The molecule has 70 valence electrons. The fraction of sp³-hybridized carbons (Fsp3) is 1.00. The fourth-order valence-corrected chi connectivity index (χ4v) is 2.79. The SMILES string of the molecule is OC[C@@H]1CCCN2CCCCC12. The molecular weight excluding hydrogens is 150 g/mol. The fourth-order valence-electron chi connectivity index (χ4n) is 2.79. The van der Waals surface area contributed by atoms with E-state index in [0.29, 0.717) is 12.5 Å². The molecule has 0 aromatic heterocycles. The van der Waals surface area contributed by atoms with E-state index in [0.717, 1.165) is 6.04 Å². The summed E-state index contributed by atoms with van der Waals surface area (Å²) < 4.78 is 0. The van der Waals surface area contributed by atoms with Gasteiger partial charge in [-0.05, 0) is 44.7 Å². The van der Waals surface area contributed by atoms with E-state index >= 15 is 0 Å². The van der Waals surface area contributed by atoms with Crippen molar-refractivity contribution in [1.82, 2.24) is 4.90 Å². The monoisotopic (exact) mass is 169 g/mol. The third kappa shape index (κ3) is 1.50. The van der Waals surface area contributed by atoms with Crippen LogP contribution in [0.2, 0.25) is 0 Å². The first kappa shape index (κ1) is 8.52. The van der Waals surface area contributed by atoms with Gasteiger partial charge in [0.2, 0.25) is 0 Å². The highest BCUT2D eigenvalue weighted by Gasteiger charge is 2.32. The summed E-state index contributed by atoms with van der Waals surface area (Å²) in [5.74, 6) is 0.582. The number of aliphatic hydroxyl groups excluding tert-OH is 1. The molecule has 0 amide bonds. The van der Waals surface area contributed by atoms with Gasteiger partial charge in [0.25, 0.3) is 0 Å². The van der Waals surface area contributed by atoms with E-state index in [-0.39, 0.29) is 0 Å². The lowest BCUT2D eigenvalue weighted by atomic mass is 9.84. The molecule has 12 heavy (non-hydrogen) atoms. The van der Waals surface area contributed by atoms with E-state index in [9.17, 15) is 5.11 Å². The smallest absolute Gasteiger partial charge is 0.0474 e. The van der Waals surface area contributed by atoms with Crippen LogP contribution in [-0.2, 0) is 0 Å². The summed E-state index contributed by atoms with van der Waals surface area (Å²) in [6, 6.07) is 0.720. The van der Waals surface area contributed by atoms with Crippen LogP contribution in [0, 0.1) is 5.92 Å². The van der Waals surface area contributed by atoms with Crippen LogP contribution in [0.15, 0.2) is 0 Å². The summed E-state index contributed by atoms with van der Waals surface area (Å²) in [4.78, 5) is 2.59. The van der Waals surface area contributed by atoms with Gasteiger partial charge < -0.3 is 10.0 Å². The molecule has 2 heterocycles. The molecule has 0 bridgehead atoms. The van der Waals surface area contributed by atoms with E-state index < -0.39 is 0 Å². The Morgan fingerprint density at radius 2 is 1.92 bits per heavy atom. The lowest BCUT2D eigenvalue weighted by Gasteiger charge is -2.43. The first-order valence-corrected chi connectivity index (χ1v) is 5.26. The normalized spacial score (nSPS) is 37.8. The van der Waals surface area contributed by atoms with Crippen LogP contribution in [0.5, 0.6) is 0 Å². The van der Waals surface area contributed by atoms with Gasteiger partial charge in [0, 0.05) is 12.6 Å². The van der Waals surface area contributed by atoms with Gasteiger partial charge in [-0.3, -0.25) is 0 Å². The standard InChI is InChI=1S/C10H19NO/c12-8-9-4-3-7-11-6-2-1-5-10(9)11/h9-10,12H,1-8H2/t9-,10?/m0/s1. The molecule has 2 nitrogen and oxygen atoms in total. The van der Waals surface area contributed by atoms with Crippen LogP contribution in [0.25, 0.3) is 0 Å². The average molecular weight is 169 g/mol. The van der Waals surface area contributed by atoms with Crippen molar-refractivity contribution in [3.63, 3.8) is 0 Å². The maximum atomic E-state index is 9.20. The number of piperidine rings is 2. The number of rotatable bonds is 1. The van der Waals surface area contributed by atoms with E-state index in [2.05, 4.69) is 4.90 Å². The quantitative estimate of drug-likeness (QED) is 0.638. The number of hydrogen-bond acceptors (Lipinski definition) is 2. The number of aliphatic hydroxyl groups is 1. The first-order valence-electron chi connectivity index (χ1n) is 5.26. The Bertz CT molecular complexity index is 140. The lowest BCUT2D eigenvalue weighted by Crippen LogP contribution is -2.48. The van der Waals surface area contributed by atoms with Crippen molar-refractivity contribution in [2.24, 2.45) is 5.92 Å². The molecule has 2 fully saturated rings. The Balaban J connectivity index is 1.99. The van der Waals surface area contributed by atoms with Crippen molar-refractivity contribution in [2.75, 3.05) is 19.7 Å². The maximum Gasteiger partial charge on any atom is 0.0474 e. The molecule has 0 aromatic rings. The third-order valence-electron chi connectivity index (χ3n) is 3.46. The molecule has 2 heteroatoms. The number of hydrogen-bond donors (Lipinski definition) is 1. The van der Waals surface area contributed by atoms with Gasteiger partial charge in [0.05, 0.1) is 0 Å². The molecule has 0 aromatic carbocycles. The minimum atomic E-state index is 0.404. The van der Waals surface area contributed by atoms with Gasteiger partial charge in [-0.2, -0.15) is 0 Å². The molecule has 1 unspecified atom stereocenters. The molecule has 0 spiro atoms. The topological polar surface area (TPSA) is 23.5 Å². The zero-order valence-corrected chi connectivity index (χ0v) is 7.71. The summed E-state index contributed by atoms with van der Waals surface area (Å²) in [5.41, 5.74) is 0. The highest BCUT2D eigenvalue weighted by molar-refractivity contribution is 4.86. The summed E-state index contributed by atoms with van der Waals surface area (Å²) in [5, 5.41) is 9.20. The molecule has 0 aliphatic carbocycles. The molecular formula is C10H19NO. The van der Waals surface area contributed by atoms with E-state index in [1.54, 1.807) is 0 Å². The molecule has 1 N–H and O–H groups in total. The van der Waals surface area contributed by atoms with Crippen molar-refractivity contribution in [2.45, 2.75) is 38.1 Å². The predicted octanol–water partition coefficient (Wildman–Crippen LogP) is 1.24. The Morgan fingerprint density at radius 1 is 1.08 bits per heavy atom. The Hall–Kier alpha value is -0.0800. The third-order valence-corrected chi connectivity index (χ3v) is 3.46. The molecule has 2 rings (SSSR count). The van der Waals surface area contributed by atoms with Crippen LogP contribution in [0.4, 0.5) is 0 Å². The van der Waals surface area contributed by atoms with Gasteiger partial charge in [-0.25, -0.2) is 0 Å². The van der Waals surface area contributed by atoms with Gasteiger partial charge in [-0.15, -0.1) is 0 Å².